The quantitative estimate of drug-likeness (QED) is 0.548. The summed E-state index contributed by atoms with van der Waals surface area (Å²) >= 11 is 0. The van der Waals surface area contributed by atoms with Crippen molar-refractivity contribution in [2.75, 3.05) is 5.73 Å². The van der Waals surface area contributed by atoms with E-state index < -0.39 is 89.8 Å². The number of alkyl halides is 8. The van der Waals surface area contributed by atoms with Crippen LogP contribution in [0, 0.1) is 0 Å². The van der Waals surface area contributed by atoms with E-state index in [-0.39, 0.29) is 6.42 Å². The summed E-state index contributed by atoms with van der Waals surface area (Å²) in [6.45, 7) is 0. The molecular weight excluding hydrogens is 460 g/mol. The average Bonchev–Trinajstić information content (AvgIpc) is 3.12. The van der Waals surface area contributed by atoms with Crippen LogP contribution < -0.4 is 5.73 Å². The molecule has 3 N–H and O–H groups in total. The lowest BCUT2D eigenvalue weighted by Crippen LogP contribution is -2.47. The van der Waals surface area contributed by atoms with Crippen LogP contribution in [0.5, 0.6) is 0 Å². The molecule has 3 heterocycles. The number of aliphatic hydroxyl groups is 1. The zero-order chi connectivity index (χ0) is 24.1. The predicted octanol–water partition coefficient (Wildman–Crippen LogP) is 4.26. The molecule has 176 valence electrons. The first-order valence-corrected chi connectivity index (χ1v) is 8.97. The van der Waals surface area contributed by atoms with Gasteiger partial charge < -0.3 is 15.3 Å². The number of nitrogens with zero attached hydrogens (tertiary/aromatic N) is 3. The van der Waals surface area contributed by atoms with Gasteiger partial charge in [0.2, 0.25) is 5.60 Å². The van der Waals surface area contributed by atoms with Crippen molar-refractivity contribution >= 4 is 11.5 Å². The second kappa shape index (κ2) is 7.64. The lowest BCUT2D eigenvalue weighted by molar-refractivity contribution is -0.294. The molecule has 2 aromatic rings. The smallest absolute Gasteiger partial charge is 0.416 e. The number of Topliss-reactive ketones (excluding diaryl/α,β-unsaturated/α-hetero) is 1. The largest absolute Gasteiger partial charge is 0.426 e. The fraction of sp³-hybridized carbons (Fsp3) is 0.529. The molecule has 0 radical (unpaired) electrons. The molecule has 7 nitrogen and oxygen atoms in total. The molecule has 2 aromatic heterocycles. The van der Waals surface area contributed by atoms with E-state index in [2.05, 4.69) is 19.6 Å². The molecule has 3 rings (SSSR count). The van der Waals surface area contributed by atoms with E-state index in [4.69, 9.17) is 5.73 Å². The average molecular weight is 474 g/mol. The standard InChI is InChI=1S/C17H14F8N4O3/c18-14(19)4-2-1-3-9(30)10-7(16(20,21)22)5-8(26)11(27-10)12-28-29-13(32-12)15(31,6-14)17(23,24)25/h5,31H,1-4,6,26H2/t15-/m1/s1. The van der Waals surface area contributed by atoms with Gasteiger partial charge in [-0.15, -0.1) is 10.2 Å². The highest BCUT2D eigenvalue weighted by molar-refractivity contribution is 5.97. The number of hydrogen-bond acceptors (Lipinski definition) is 7. The van der Waals surface area contributed by atoms with Crippen LogP contribution >= 0.6 is 0 Å². The van der Waals surface area contributed by atoms with Crippen molar-refractivity contribution in [3.63, 3.8) is 0 Å². The normalized spacial score (nSPS) is 22.5. The van der Waals surface area contributed by atoms with Gasteiger partial charge in [0.1, 0.15) is 5.69 Å². The zero-order valence-electron chi connectivity index (χ0n) is 15.8. The van der Waals surface area contributed by atoms with Crippen molar-refractivity contribution in [2.45, 2.75) is 56.0 Å². The molecule has 0 unspecified atom stereocenters. The monoisotopic (exact) mass is 474 g/mol. The lowest BCUT2D eigenvalue weighted by Gasteiger charge is -2.30. The van der Waals surface area contributed by atoms with E-state index in [1.165, 1.54) is 0 Å². The van der Waals surface area contributed by atoms with Gasteiger partial charge in [0.25, 0.3) is 17.7 Å². The van der Waals surface area contributed by atoms with Gasteiger partial charge in [-0.2, -0.15) is 26.3 Å². The van der Waals surface area contributed by atoms with Crippen molar-refractivity contribution in [3.05, 3.63) is 23.2 Å². The maximum atomic E-state index is 14.2. The van der Waals surface area contributed by atoms with Crippen LogP contribution in [-0.4, -0.2) is 38.2 Å². The molecule has 0 saturated carbocycles. The number of halogens is 8. The van der Waals surface area contributed by atoms with Crippen LogP contribution in [0.25, 0.3) is 11.6 Å². The topological polar surface area (TPSA) is 115 Å². The minimum Gasteiger partial charge on any atom is -0.416 e. The number of carbonyl (C=O) groups excluding carboxylic acids is 1. The summed E-state index contributed by atoms with van der Waals surface area (Å²) in [4.78, 5) is 15.8. The molecule has 32 heavy (non-hydrogen) atoms. The molecule has 1 aliphatic rings. The van der Waals surface area contributed by atoms with Gasteiger partial charge in [-0.1, -0.05) is 0 Å². The Morgan fingerprint density at radius 2 is 1.72 bits per heavy atom. The molecule has 0 saturated heterocycles. The van der Waals surface area contributed by atoms with Crippen LogP contribution in [0.3, 0.4) is 0 Å². The lowest BCUT2D eigenvalue weighted by atomic mass is 9.91. The number of hydrogen-bond donors (Lipinski definition) is 2. The summed E-state index contributed by atoms with van der Waals surface area (Å²) in [5.74, 6) is -7.91. The Morgan fingerprint density at radius 1 is 1.06 bits per heavy atom. The molecule has 1 atom stereocenters. The van der Waals surface area contributed by atoms with Gasteiger partial charge in [0.05, 0.1) is 17.7 Å². The molecule has 4 bridgehead atoms. The Balaban J connectivity index is 2.24. The van der Waals surface area contributed by atoms with Crippen molar-refractivity contribution in [3.8, 4) is 11.6 Å². The molecule has 0 aromatic carbocycles. The number of carbonyl (C=O) groups is 1. The third-order valence-electron chi connectivity index (χ3n) is 4.78. The molecular formula is C17H14F8N4O3. The second-order valence-electron chi connectivity index (χ2n) is 7.25. The molecule has 0 spiro atoms. The Labute approximate surface area is 173 Å². The van der Waals surface area contributed by atoms with Gasteiger partial charge in [-0.3, -0.25) is 4.79 Å². The summed E-state index contributed by atoms with van der Waals surface area (Å²) in [6, 6.07) is 0.329. The number of ketones is 1. The Kier molecular flexibility index (Phi) is 5.68. The third-order valence-corrected chi connectivity index (χ3v) is 4.78. The maximum Gasteiger partial charge on any atom is 0.426 e. The predicted molar refractivity (Wildman–Crippen MR) is 89.3 cm³/mol. The zero-order valence-corrected chi connectivity index (χ0v) is 15.8. The minimum absolute atomic E-state index is 0.329. The van der Waals surface area contributed by atoms with Crippen LogP contribution in [-0.2, 0) is 11.8 Å². The Bertz CT molecular complexity index is 1030. The van der Waals surface area contributed by atoms with Crippen molar-refractivity contribution in [1.29, 1.82) is 0 Å². The number of rotatable bonds is 0. The van der Waals surface area contributed by atoms with Gasteiger partial charge in [0.15, 0.2) is 11.5 Å². The minimum atomic E-state index is -5.67. The number of nitrogens with two attached hydrogens (primary N) is 1. The first kappa shape index (κ1) is 23.8. The van der Waals surface area contributed by atoms with Gasteiger partial charge >= 0.3 is 12.4 Å². The van der Waals surface area contributed by atoms with Crippen LogP contribution in [0.15, 0.2) is 10.5 Å². The number of fused-ring (bicyclic) bond motifs is 5. The number of pyridine rings is 1. The molecule has 15 heteroatoms. The van der Waals surface area contributed by atoms with Gasteiger partial charge in [0, 0.05) is 12.8 Å². The number of nitrogen functional groups attached to an aromatic ring is 1. The summed E-state index contributed by atoms with van der Waals surface area (Å²) in [5, 5.41) is 16.2. The molecule has 1 aliphatic heterocycles. The first-order chi connectivity index (χ1) is 14.6. The fourth-order valence-corrected chi connectivity index (χ4v) is 3.16. The van der Waals surface area contributed by atoms with Crippen molar-refractivity contribution in [2.24, 2.45) is 0 Å². The summed E-state index contributed by atoms with van der Waals surface area (Å²) in [7, 11) is 0. The van der Waals surface area contributed by atoms with Crippen molar-refractivity contribution < 1.29 is 49.4 Å². The van der Waals surface area contributed by atoms with Crippen molar-refractivity contribution in [1.82, 2.24) is 15.2 Å². The molecule has 0 amide bonds. The highest BCUT2D eigenvalue weighted by Gasteiger charge is 2.63. The van der Waals surface area contributed by atoms with Gasteiger partial charge in [-0.25, -0.2) is 13.8 Å². The van der Waals surface area contributed by atoms with Gasteiger partial charge in [-0.05, 0) is 18.9 Å². The molecule has 0 aliphatic carbocycles. The first-order valence-electron chi connectivity index (χ1n) is 8.97. The third kappa shape index (κ3) is 4.38. The summed E-state index contributed by atoms with van der Waals surface area (Å²) < 4.78 is 114. The van der Waals surface area contributed by atoms with E-state index in [0.717, 1.165) is 0 Å². The van der Waals surface area contributed by atoms with E-state index in [1.807, 2.05) is 0 Å². The highest BCUT2D eigenvalue weighted by Crippen LogP contribution is 2.47. The summed E-state index contributed by atoms with van der Waals surface area (Å²) in [5.41, 5.74) is -2.95. The van der Waals surface area contributed by atoms with Crippen LogP contribution in [0.4, 0.5) is 40.8 Å². The highest BCUT2D eigenvalue weighted by atomic mass is 19.4. The number of aromatic nitrogens is 3. The van der Waals surface area contributed by atoms with E-state index in [1.54, 1.807) is 0 Å². The maximum absolute atomic E-state index is 14.2. The molecule has 0 fully saturated rings. The van der Waals surface area contributed by atoms with Crippen LogP contribution in [0.2, 0.25) is 0 Å². The van der Waals surface area contributed by atoms with Crippen LogP contribution in [0.1, 0.15) is 54.0 Å². The Hall–Kier alpha value is -2.84. The fourth-order valence-electron chi connectivity index (χ4n) is 3.16. The Morgan fingerprint density at radius 3 is 2.31 bits per heavy atom. The van der Waals surface area contributed by atoms with E-state index in [0.29, 0.717) is 6.07 Å². The number of anilines is 1. The van der Waals surface area contributed by atoms with E-state index >= 15 is 0 Å². The second-order valence-corrected chi connectivity index (χ2v) is 7.25. The SMILES string of the molecule is Nc1cc(C(F)(F)F)c2nc1-c1nnc(o1)[C@@](O)(C(F)(F)F)CC(F)(F)CCCCC2=O. The summed E-state index contributed by atoms with van der Waals surface area (Å²) in [6.07, 6.45) is -15.6. The van der Waals surface area contributed by atoms with E-state index in [9.17, 15) is 45.0 Å².